The number of para-hydroxylation sites is 1. The number of imidazole rings is 1. The summed E-state index contributed by atoms with van der Waals surface area (Å²) in [5.41, 5.74) is 3.26. The molecular weight excluding hydrogens is 468 g/mol. The Hall–Kier alpha value is -3.24. The molecule has 10 heteroatoms. The number of ether oxygens (including phenoxy) is 1. The molecule has 0 N–H and O–H groups in total. The van der Waals surface area contributed by atoms with Crippen LogP contribution in [0.5, 0.6) is 0 Å². The van der Waals surface area contributed by atoms with E-state index in [2.05, 4.69) is 4.98 Å². The van der Waals surface area contributed by atoms with Gasteiger partial charge in [0, 0.05) is 39.3 Å². The molecule has 3 aromatic rings. The van der Waals surface area contributed by atoms with Crippen LogP contribution in [0, 0.1) is 0 Å². The fourth-order valence-electron chi connectivity index (χ4n) is 4.44. The number of carbonyl (C=O) groups is 2. The van der Waals surface area contributed by atoms with Crippen molar-refractivity contribution in [3.05, 3.63) is 53.9 Å². The molecular formula is C25H30N4O5S. The van der Waals surface area contributed by atoms with Crippen LogP contribution in [0.25, 0.3) is 11.0 Å². The molecule has 0 radical (unpaired) electrons. The van der Waals surface area contributed by atoms with Gasteiger partial charge in [0.15, 0.2) is 6.10 Å². The first kappa shape index (κ1) is 24.9. The van der Waals surface area contributed by atoms with Gasteiger partial charge in [0.25, 0.3) is 5.91 Å². The second-order valence-corrected chi connectivity index (χ2v) is 11.2. The second kappa shape index (κ2) is 9.43. The predicted octanol–water partition coefficient (Wildman–Crippen LogP) is 2.67. The average Bonchev–Trinajstić information content (AvgIpc) is 3.32. The van der Waals surface area contributed by atoms with Gasteiger partial charge in [-0.1, -0.05) is 18.2 Å². The summed E-state index contributed by atoms with van der Waals surface area (Å²) in [7, 11) is 1.19. The first-order valence-corrected chi connectivity index (χ1v) is 12.9. The number of hydrogen-bond donors (Lipinski definition) is 0. The number of hydrogen-bond acceptors (Lipinski definition) is 6. The van der Waals surface area contributed by atoms with E-state index in [0.29, 0.717) is 17.8 Å². The van der Waals surface area contributed by atoms with Crippen LogP contribution in [-0.2, 0) is 44.2 Å². The van der Waals surface area contributed by atoms with Crippen LogP contribution in [0.2, 0.25) is 0 Å². The van der Waals surface area contributed by atoms with E-state index in [0.717, 1.165) is 27.5 Å². The number of rotatable bonds is 7. The van der Waals surface area contributed by atoms with E-state index in [1.54, 1.807) is 24.0 Å². The zero-order valence-electron chi connectivity index (χ0n) is 20.6. The summed E-state index contributed by atoms with van der Waals surface area (Å²) in [6.45, 7) is 3.57. The number of aryl methyl sites for hydroxylation is 2. The predicted molar refractivity (Wildman–Crippen MR) is 133 cm³/mol. The molecule has 0 saturated carbocycles. The first-order valence-electron chi connectivity index (χ1n) is 11.5. The van der Waals surface area contributed by atoms with Crippen molar-refractivity contribution in [1.29, 1.82) is 0 Å². The van der Waals surface area contributed by atoms with Crippen LogP contribution in [0.1, 0.15) is 31.7 Å². The lowest BCUT2D eigenvalue weighted by Crippen LogP contribution is -2.43. The Balaban J connectivity index is 1.41. The van der Waals surface area contributed by atoms with Crippen molar-refractivity contribution >= 4 is 38.6 Å². The third-order valence-corrected chi connectivity index (χ3v) is 8.19. The largest absolute Gasteiger partial charge is 0.453 e. The molecule has 0 fully saturated rings. The standard InChI is InChI=1S/C25H30N4O5S/c1-16-14-18-8-6-7-9-21(18)29(16)25(31)17(2)34-24(30)13-12-23-26-20-15-19(35(32,33)27(3)4)10-11-22(20)28(23)5/h6-11,15-17H,12-14H2,1-5H3/t16-,17+/m0/s1. The number of fused-ring (bicyclic) bond motifs is 2. The molecule has 35 heavy (non-hydrogen) atoms. The van der Waals surface area contributed by atoms with E-state index in [-0.39, 0.29) is 23.3 Å². The maximum atomic E-state index is 13.0. The number of anilines is 1. The quantitative estimate of drug-likeness (QED) is 0.464. The van der Waals surface area contributed by atoms with E-state index >= 15 is 0 Å². The summed E-state index contributed by atoms with van der Waals surface area (Å²) < 4.78 is 33.3. The zero-order valence-corrected chi connectivity index (χ0v) is 21.4. The Morgan fingerprint density at radius 2 is 1.91 bits per heavy atom. The Kier molecular flexibility index (Phi) is 6.70. The van der Waals surface area contributed by atoms with Crippen molar-refractivity contribution in [2.45, 2.75) is 50.2 Å². The minimum Gasteiger partial charge on any atom is -0.453 e. The summed E-state index contributed by atoms with van der Waals surface area (Å²) in [4.78, 5) is 32.0. The molecule has 0 spiro atoms. The van der Waals surface area contributed by atoms with Crippen molar-refractivity contribution in [2.75, 3.05) is 19.0 Å². The summed E-state index contributed by atoms with van der Waals surface area (Å²) >= 11 is 0. The molecule has 2 heterocycles. The smallest absolute Gasteiger partial charge is 0.307 e. The molecule has 2 atom stereocenters. The lowest BCUT2D eigenvalue weighted by Gasteiger charge is -2.25. The number of carbonyl (C=O) groups excluding carboxylic acids is 2. The van der Waals surface area contributed by atoms with E-state index in [1.807, 2.05) is 42.8 Å². The minimum absolute atomic E-state index is 0.00208. The van der Waals surface area contributed by atoms with E-state index < -0.39 is 22.1 Å². The summed E-state index contributed by atoms with van der Waals surface area (Å²) in [5.74, 6) is -0.112. The molecule has 2 aromatic carbocycles. The highest BCUT2D eigenvalue weighted by atomic mass is 32.2. The lowest BCUT2D eigenvalue weighted by atomic mass is 10.1. The Labute approximate surface area is 205 Å². The molecule has 4 rings (SSSR count). The molecule has 0 unspecified atom stereocenters. The topological polar surface area (TPSA) is 102 Å². The molecule has 9 nitrogen and oxygen atoms in total. The monoisotopic (exact) mass is 498 g/mol. The van der Waals surface area contributed by atoms with Gasteiger partial charge in [-0.15, -0.1) is 0 Å². The van der Waals surface area contributed by atoms with Crippen LogP contribution < -0.4 is 4.90 Å². The SMILES string of the molecule is C[C@@H](OC(=O)CCc1nc2cc(S(=O)(=O)N(C)C)ccc2n1C)C(=O)N1c2ccccc2C[C@@H]1C. The fourth-order valence-corrected chi connectivity index (χ4v) is 5.36. The molecule has 186 valence electrons. The average molecular weight is 499 g/mol. The Bertz CT molecular complexity index is 1400. The zero-order chi connectivity index (χ0) is 25.5. The molecule has 1 aliphatic heterocycles. The van der Waals surface area contributed by atoms with Crippen molar-refractivity contribution in [1.82, 2.24) is 13.9 Å². The normalized spacial score (nSPS) is 16.5. The van der Waals surface area contributed by atoms with Crippen molar-refractivity contribution < 1.29 is 22.7 Å². The fraction of sp³-hybridized carbons (Fsp3) is 0.400. The van der Waals surface area contributed by atoms with Gasteiger partial charge in [0.2, 0.25) is 10.0 Å². The molecule has 1 aliphatic rings. The first-order chi connectivity index (χ1) is 16.5. The number of aromatic nitrogens is 2. The third-order valence-electron chi connectivity index (χ3n) is 6.38. The maximum absolute atomic E-state index is 13.0. The minimum atomic E-state index is -3.58. The number of esters is 1. The van der Waals surface area contributed by atoms with Crippen molar-refractivity contribution in [2.24, 2.45) is 7.05 Å². The Morgan fingerprint density at radius 3 is 2.63 bits per heavy atom. The van der Waals surface area contributed by atoms with Gasteiger partial charge in [-0.3, -0.25) is 9.59 Å². The number of sulfonamides is 1. The summed E-state index contributed by atoms with van der Waals surface area (Å²) in [5, 5.41) is 0. The van der Waals surface area contributed by atoms with E-state index in [9.17, 15) is 18.0 Å². The Morgan fingerprint density at radius 1 is 1.20 bits per heavy atom. The highest BCUT2D eigenvalue weighted by molar-refractivity contribution is 7.89. The second-order valence-electron chi connectivity index (χ2n) is 9.05. The van der Waals surface area contributed by atoms with Crippen molar-refractivity contribution in [3.63, 3.8) is 0 Å². The van der Waals surface area contributed by atoms with Crippen LogP contribution in [0.3, 0.4) is 0 Å². The molecule has 1 aromatic heterocycles. The van der Waals surface area contributed by atoms with Crippen LogP contribution in [-0.4, -0.2) is 60.4 Å². The number of nitrogens with zero attached hydrogens (tertiary/aromatic N) is 4. The molecule has 0 bridgehead atoms. The van der Waals surface area contributed by atoms with Gasteiger partial charge < -0.3 is 14.2 Å². The third kappa shape index (κ3) is 4.68. The summed E-state index contributed by atoms with van der Waals surface area (Å²) in [6.07, 6.45) is 0.204. The van der Waals surface area contributed by atoms with E-state index in [1.165, 1.54) is 20.2 Å². The highest BCUT2D eigenvalue weighted by Gasteiger charge is 2.34. The van der Waals surface area contributed by atoms with E-state index in [4.69, 9.17) is 4.74 Å². The lowest BCUT2D eigenvalue weighted by molar-refractivity contribution is -0.154. The number of benzene rings is 2. The van der Waals surface area contributed by atoms with Gasteiger partial charge in [0.1, 0.15) is 5.82 Å². The van der Waals surface area contributed by atoms with Gasteiger partial charge in [-0.05, 0) is 50.1 Å². The van der Waals surface area contributed by atoms with Crippen molar-refractivity contribution in [3.8, 4) is 0 Å². The number of amides is 1. The molecule has 1 amide bonds. The van der Waals surface area contributed by atoms with Gasteiger partial charge >= 0.3 is 5.97 Å². The maximum Gasteiger partial charge on any atom is 0.307 e. The van der Waals surface area contributed by atoms with Gasteiger partial charge in [-0.25, -0.2) is 17.7 Å². The highest BCUT2D eigenvalue weighted by Crippen LogP contribution is 2.32. The van der Waals surface area contributed by atoms with Gasteiger partial charge in [0.05, 0.1) is 22.3 Å². The molecule has 0 saturated heterocycles. The van der Waals surface area contributed by atoms with Gasteiger partial charge in [-0.2, -0.15) is 0 Å². The van der Waals surface area contributed by atoms with Crippen LogP contribution in [0.15, 0.2) is 47.4 Å². The molecule has 0 aliphatic carbocycles. The van der Waals surface area contributed by atoms with Crippen LogP contribution in [0.4, 0.5) is 5.69 Å². The summed E-state index contributed by atoms with van der Waals surface area (Å²) in [6, 6.07) is 12.5. The van der Waals surface area contributed by atoms with Crippen LogP contribution >= 0.6 is 0 Å².